The molecule has 8 heteroatoms. The van der Waals surface area contributed by atoms with E-state index in [-0.39, 0.29) is 11.6 Å². The van der Waals surface area contributed by atoms with Gasteiger partial charge in [0, 0.05) is 28.9 Å². The first-order chi connectivity index (χ1) is 14.2. The van der Waals surface area contributed by atoms with Crippen LogP contribution in [0.15, 0.2) is 36.4 Å². The minimum Gasteiger partial charge on any atom is -0.507 e. The summed E-state index contributed by atoms with van der Waals surface area (Å²) >= 11 is 0. The van der Waals surface area contributed by atoms with Gasteiger partial charge >= 0.3 is 6.18 Å². The molecule has 1 atom stereocenters. The number of likely N-dealkylation sites (N-methyl/N-ethyl adjacent to an activating group) is 1. The van der Waals surface area contributed by atoms with Crippen LogP contribution < -0.4 is 5.32 Å². The van der Waals surface area contributed by atoms with Gasteiger partial charge in [-0.15, -0.1) is 10.2 Å². The van der Waals surface area contributed by atoms with Crippen molar-refractivity contribution in [3.8, 4) is 17.0 Å². The van der Waals surface area contributed by atoms with E-state index in [1.807, 2.05) is 25.1 Å². The van der Waals surface area contributed by atoms with E-state index in [9.17, 15) is 18.3 Å². The zero-order valence-electron chi connectivity index (χ0n) is 16.8. The number of likely N-dealkylation sites (tertiary alicyclic amines) is 1. The van der Waals surface area contributed by atoms with E-state index in [0.29, 0.717) is 11.5 Å². The van der Waals surface area contributed by atoms with Crippen molar-refractivity contribution in [2.24, 2.45) is 0 Å². The second-order valence-corrected chi connectivity index (χ2v) is 7.92. The molecule has 5 nitrogen and oxygen atoms in total. The van der Waals surface area contributed by atoms with Crippen LogP contribution in [0.25, 0.3) is 22.0 Å². The normalized spacial score (nSPS) is 18.0. The van der Waals surface area contributed by atoms with Crippen molar-refractivity contribution in [3.63, 3.8) is 0 Å². The fraction of sp³-hybridized carbons (Fsp3) is 0.364. The molecule has 0 amide bonds. The lowest BCUT2D eigenvalue weighted by molar-refractivity contribution is -0.137. The summed E-state index contributed by atoms with van der Waals surface area (Å²) in [7, 11) is 2.08. The van der Waals surface area contributed by atoms with Crippen LogP contribution in [0.4, 0.5) is 19.0 Å². The predicted octanol–water partition coefficient (Wildman–Crippen LogP) is 4.84. The Morgan fingerprint density at radius 3 is 2.60 bits per heavy atom. The molecule has 2 N–H and O–H groups in total. The second-order valence-electron chi connectivity index (χ2n) is 7.92. The minimum absolute atomic E-state index is 0.218. The molecule has 1 aromatic heterocycles. The SMILES string of the molecule is Cc1ccc2c(N[C@@H]3CCCN(C)C3)nnc(-c3ccc(C(F)(F)F)cc3O)c2c1. The number of aryl methyl sites for hydroxylation is 1. The average molecular weight is 416 g/mol. The number of alkyl halides is 3. The number of nitrogens with zero attached hydrogens (tertiary/aromatic N) is 3. The van der Waals surface area contributed by atoms with Crippen molar-refractivity contribution in [1.29, 1.82) is 0 Å². The predicted molar refractivity (Wildman–Crippen MR) is 111 cm³/mol. The summed E-state index contributed by atoms with van der Waals surface area (Å²) in [4.78, 5) is 2.26. The Kier molecular flexibility index (Phi) is 5.27. The van der Waals surface area contributed by atoms with Gasteiger partial charge in [0.25, 0.3) is 0 Å². The molecule has 3 aromatic rings. The highest BCUT2D eigenvalue weighted by Gasteiger charge is 2.31. The van der Waals surface area contributed by atoms with Gasteiger partial charge in [0.2, 0.25) is 0 Å². The first kappa shape index (κ1) is 20.4. The number of nitrogens with one attached hydrogen (secondary N) is 1. The Labute approximate surface area is 172 Å². The fourth-order valence-electron chi connectivity index (χ4n) is 3.96. The molecule has 158 valence electrons. The quantitative estimate of drug-likeness (QED) is 0.640. The van der Waals surface area contributed by atoms with Gasteiger partial charge in [0.15, 0.2) is 5.82 Å². The Hall–Kier alpha value is -2.87. The van der Waals surface area contributed by atoms with Gasteiger partial charge in [-0.2, -0.15) is 13.2 Å². The van der Waals surface area contributed by atoms with Crippen molar-refractivity contribution in [2.75, 3.05) is 25.5 Å². The largest absolute Gasteiger partial charge is 0.507 e. The van der Waals surface area contributed by atoms with E-state index in [1.165, 1.54) is 6.07 Å². The lowest BCUT2D eigenvalue weighted by Gasteiger charge is -2.30. The maximum absolute atomic E-state index is 13.0. The van der Waals surface area contributed by atoms with Gasteiger partial charge in [0.1, 0.15) is 11.4 Å². The number of phenols is 1. The van der Waals surface area contributed by atoms with E-state index in [0.717, 1.165) is 54.4 Å². The molecule has 0 saturated carbocycles. The molecule has 0 bridgehead atoms. The van der Waals surface area contributed by atoms with Crippen LogP contribution >= 0.6 is 0 Å². The summed E-state index contributed by atoms with van der Waals surface area (Å²) < 4.78 is 38.9. The van der Waals surface area contributed by atoms with Crippen LogP contribution in [-0.2, 0) is 6.18 Å². The minimum atomic E-state index is -4.53. The van der Waals surface area contributed by atoms with Crippen molar-refractivity contribution >= 4 is 16.6 Å². The van der Waals surface area contributed by atoms with Crippen LogP contribution in [0.5, 0.6) is 5.75 Å². The molecule has 30 heavy (non-hydrogen) atoms. The highest BCUT2D eigenvalue weighted by Crippen LogP contribution is 2.39. The van der Waals surface area contributed by atoms with Crippen LogP contribution in [0.3, 0.4) is 0 Å². The van der Waals surface area contributed by atoms with Crippen LogP contribution in [-0.4, -0.2) is 46.4 Å². The molecule has 2 aromatic carbocycles. The molecular formula is C22H23F3N4O. The summed E-state index contributed by atoms with van der Waals surface area (Å²) in [6.45, 7) is 3.89. The lowest BCUT2D eigenvalue weighted by Crippen LogP contribution is -2.40. The zero-order valence-corrected chi connectivity index (χ0v) is 16.8. The molecule has 0 unspecified atom stereocenters. The molecule has 2 heterocycles. The number of hydrogen-bond donors (Lipinski definition) is 2. The number of piperidine rings is 1. The summed E-state index contributed by atoms with van der Waals surface area (Å²) in [6, 6.07) is 8.96. The van der Waals surface area contributed by atoms with Gasteiger partial charge in [-0.1, -0.05) is 17.7 Å². The van der Waals surface area contributed by atoms with Crippen molar-refractivity contribution in [3.05, 3.63) is 47.5 Å². The van der Waals surface area contributed by atoms with Crippen molar-refractivity contribution in [1.82, 2.24) is 15.1 Å². The number of anilines is 1. The Bertz CT molecular complexity index is 1080. The number of phenolic OH excluding ortho intramolecular Hbond substituents is 1. The van der Waals surface area contributed by atoms with E-state index in [1.54, 1.807) is 0 Å². The van der Waals surface area contributed by atoms with Crippen LogP contribution in [0.1, 0.15) is 24.0 Å². The zero-order chi connectivity index (χ0) is 21.5. The topological polar surface area (TPSA) is 61.3 Å². The average Bonchev–Trinajstić information content (AvgIpc) is 2.68. The third-order valence-corrected chi connectivity index (χ3v) is 5.48. The molecule has 0 radical (unpaired) electrons. The third-order valence-electron chi connectivity index (χ3n) is 5.48. The first-order valence-corrected chi connectivity index (χ1v) is 9.85. The van der Waals surface area contributed by atoms with Gasteiger partial charge in [-0.25, -0.2) is 0 Å². The van der Waals surface area contributed by atoms with E-state index in [4.69, 9.17) is 0 Å². The number of fused-ring (bicyclic) bond motifs is 1. The molecule has 1 saturated heterocycles. The molecule has 1 aliphatic heterocycles. The number of benzene rings is 2. The van der Waals surface area contributed by atoms with Crippen molar-refractivity contribution < 1.29 is 18.3 Å². The van der Waals surface area contributed by atoms with Crippen LogP contribution in [0, 0.1) is 6.92 Å². The Morgan fingerprint density at radius 2 is 1.90 bits per heavy atom. The number of rotatable bonds is 3. The maximum atomic E-state index is 13.0. The number of hydrogen-bond acceptors (Lipinski definition) is 5. The maximum Gasteiger partial charge on any atom is 0.416 e. The summed E-state index contributed by atoms with van der Waals surface area (Å²) in [5.41, 5.74) is 0.643. The Balaban J connectivity index is 1.78. The fourth-order valence-corrected chi connectivity index (χ4v) is 3.96. The summed E-state index contributed by atoms with van der Waals surface area (Å²) in [5.74, 6) is 0.164. The molecule has 1 aliphatic rings. The molecule has 4 rings (SSSR count). The van der Waals surface area contributed by atoms with E-state index >= 15 is 0 Å². The molecule has 0 spiro atoms. The lowest BCUT2D eigenvalue weighted by atomic mass is 10.00. The second kappa shape index (κ2) is 7.75. The van der Waals surface area contributed by atoms with E-state index in [2.05, 4.69) is 27.5 Å². The van der Waals surface area contributed by atoms with Gasteiger partial charge in [0.05, 0.1) is 5.56 Å². The number of aromatic nitrogens is 2. The summed E-state index contributed by atoms with van der Waals surface area (Å²) in [5, 5.41) is 23.9. The molecular weight excluding hydrogens is 393 g/mol. The Morgan fingerprint density at radius 1 is 1.10 bits per heavy atom. The smallest absolute Gasteiger partial charge is 0.416 e. The number of halogens is 3. The third kappa shape index (κ3) is 4.05. The monoisotopic (exact) mass is 416 g/mol. The van der Waals surface area contributed by atoms with Crippen molar-refractivity contribution in [2.45, 2.75) is 32.0 Å². The molecule has 1 fully saturated rings. The first-order valence-electron chi connectivity index (χ1n) is 9.85. The van der Waals surface area contributed by atoms with Gasteiger partial charge in [-0.05, 0) is 57.6 Å². The highest BCUT2D eigenvalue weighted by molar-refractivity contribution is 6.01. The van der Waals surface area contributed by atoms with Gasteiger partial charge < -0.3 is 15.3 Å². The van der Waals surface area contributed by atoms with E-state index < -0.39 is 17.5 Å². The van der Waals surface area contributed by atoms with Gasteiger partial charge in [-0.3, -0.25) is 0 Å². The summed E-state index contributed by atoms with van der Waals surface area (Å²) in [6.07, 6.45) is -2.40. The number of aromatic hydroxyl groups is 1. The van der Waals surface area contributed by atoms with Crippen LogP contribution in [0.2, 0.25) is 0 Å². The standard InChI is InChI=1S/C22H23F3N4O/c1-13-5-7-16-18(10-13)20(17-8-6-14(11-19(17)30)22(23,24)25)27-28-21(16)26-15-4-3-9-29(2)12-15/h5-8,10-11,15,30H,3-4,9,12H2,1-2H3,(H,26,28)/t15-/m1/s1. The highest BCUT2D eigenvalue weighted by atomic mass is 19.4. The molecule has 0 aliphatic carbocycles.